The van der Waals surface area contributed by atoms with Crippen molar-refractivity contribution in [2.45, 2.75) is 18.9 Å². The van der Waals surface area contributed by atoms with E-state index in [1.165, 1.54) is 4.90 Å². The van der Waals surface area contributed by atoms with Gasteiger partial charge in [0.2, 0.25) is 11.8 Å². The summed E-state index contributed by atoms with van der Waals surface area (Å²) in [5, 5.41) is 23.4. The van der Waals surface area contributed by atoms with E-state index in [-0.39, 0.29) is 24.2 Å². The molecule has 0 saturated carbocycles. The van der Waals surface area contributed by atoms with E-state index in [2.05, 4.69) is 0 Å². The number of imide groups is 1. The molecule has 8 heteroatoms. The zero-order valence-electron chi connectivity index (χ0n) is 22.2. The molecule has 3 aliphatic rings. The number of para-hydroxylation sites is 2. The largest absolute Gasteiger partial charge is 0.507 e. The van der Waals surface area contributed by atoms with Crippen LogP contribution in [0, 0.1) is 17.8 Å². The number of phenolic OH excluding ortho intramolecular Hbond substituents is 1. The lowest BCUT2D eigenvalue weighted by atomic mass is 9.55. The predicted octanol–water partition coefficient (Wildman–Crippen LogP) is 5.23. The Bertz CT molecular complexity index is 1670. The van der Waals surface area contributed by atoms with Crippen molar-refractivity contribution in [2.24, 2.45) is 17.8 Å². The van der Waals surface area contributed by atoms with Crippen LogP contribution in [0.25, 0.3) is 10.8 Å². The molecule has 2 fully saturated rings. The molecule has 2 N–H and O–H groups in total. The number of amides is 2. The van der Waals surface area contributed by atoms with E-state index >= 15 is 0 Å². The highest BCUT2D eigenvalue weighted by Crippen LogP contribution is 2.52. The number of ether oxygens (including phenoxy) is 1. The lowest BCUT2D eigenvalue weighted by Crippen LogP contribution is -2.45. The van der Waals surface area contributed by atoms with Gasteiger partial charge in [-0.25, -0.2) is 0 Å². The summed E-state index contributed by atoms with van der Waals surface area (Å²) in [5.41, 5.74) is 2.79. The van der Waals surface area contributed by atoms with Gasteiger partial charge >= 0.3 is 7.12 Å². The maximum atomic E-state index is 14.0. The molecule has 7 rings (SSSR count). The van der Waals surface area contributed by atoms with Crippen LogP contribution >= 0.6 is 0 Å². The molecule has 4 aromatic carbocycles. The average Bonchev–Trinajstić information content (AvgIpc) is 3.26. The summed E-state index contributed by atoms with van der Waals surface area (Å²) >= 11 is 0. The van der Waals surface area contributed by atoms with Gasteiger partial charge in [-0.1, -0.05) is 66.7 Å². The van der Waals surface area contributed by atoms with Crippen molar-refractivity contribution in [2.75, 3.05) is 11.5 Å². The summed E-state index contributed by atoms with van der Waals surface area (Å²) in [5.74, 6) is -1.24. The summed E-state index contributed by atoms with van der Waals surface area (Å²) in [6.07, 6.45) is 0.163. The van der Waals surface area contributed by atoms with Gasteiger partial charge in [0.05, 0.1) is 23.6 Å². The second-order valence-corrected chi connectivity index (χ2v) is 10.9. The van der Waals surface area contributed by atoms with Crippen LogP contribution in [0.2, 0.25) is 0 Å². The van der Waals surface area contributed by atoms with E-state index in [4.69, 9.17) is 9.39 Å². The van der Waals surface area contributed by atoms with E-state index in [1.54, 1.807) is 24.3 Å². The van der Waals surface area contributed by atoms with Crippen molar-refractivity contribution in [1.29, 1.82) is 0 Å². The number of hydrogen-bond acceptors (Lipinski definition) is 6. The fourth-order valence-corrected chi connectivity index (χ4v) is 6.85. The highest BCUT2D eigenvalue weighted by Gasteiger charge is 2.58. The molecule has 2 heterocycles. The second kappa shape index (κ2) is 10.2. The third-order valence-electron chi connectivity index (χ3n) is 8.66. The molecule has 0 aromatic heterocycles. The molecule has 0 radical (unpaired) electrons. The number of anilines is 1. The minimum atomic E-state index is -1.27. The lowest BCUT2D eigenvalue weighted by molar-refractivity contribution is -0.123. The van der Waals surface area contributed by atoms with Crippen LogP contribution in [0.15, 0.2) is 108 Å². The van der Waals surface area contributed by atoms with Crippen LogP contribution in [0.1, 0.15) is 24.5 Å². The first kappa shape index (κ1) is 25.6. The molecular formula is C33H28BNO6. The van der Waals surface area contributed by atoms with Gasteiger partial charge < -0.3 is 19.5 Å². The number of carbonyl (C=O) groups is 2. The van der Waals surface area contributed by atoms with Crippen molar-refractivity contribution < 1.29 is 29.1 Å². The monoisotopic (exact) mass is 545 g/mol. The number of rotatable bonds is 5. The summed E-state index contributed by atoms with van der Waals surface area (Å²) in [6.45, 7) is 0.180. The number of benzene rings is 4. The number of hydrogen-bond donors (Lipinski definition) is 2. The minimum absolute atomic E-state index is 0.162. The molecule has 7 nitrogen and oxygen atoms in total. The molecule has 204 valence electrons. The van der Waals surface area contributed by atoms with Crippen LogP contribution in [0.4, 0.5) is 5.69 Å². The number of phenols is 1. The quantitative estimate of drug-likeness (QED) is 0.264. The van der Waals surface area contributed by atoms with Gasteiger partial charge in [0.25, 0.3) is 0 Å². The third kappa shape index (κ3) is 4.31. The Morgan fingerprint density at radius 2 is 1.51 bits per heavy atom. The Morgan fingerprint density at radius 1 is 0.829 bits per heavy atom. The van der Waals surface area contributed by atoms with Crippen molar-refractivity contribution >= 4 is 35.4 Å². The van der Waals surface area contributed by atoms with Crippen molar-refractivity contribution in [3.63, 3.8) is 0 Å². The lowest BCUT2D eigenvalue weighted by Gasteiger charge is -2.42. The third-order valence-corrected chi connectivity index (χ3v) is 8.66. The molecule has 0 spiro atoms. The molecule has 2 saturated heterocycles. The van der Waals surface area contributed by atoms with E-state index in [9.17, 15) is 19.7 Å². The number of allylic oxidation sites excluding steroid dienone is 1. The van der Waals surface area contributed by atoms with Gasteiger partial charge in [0.15, 0.2) is 0 Å². The fraction of sp³-hybridized carbons (Fsp3) is 0.212. The maximum absolute atomic E-state index is 14.0. The fourth-order valence-electron chi connectivity index (χ4n) is 6.85. The Hall–Kier alpha value is -4.40. The molecule has 0 unspecified atom stereocenters. The summed E-state index contributed by atoms with van der Waals surface area (Å²) < 4.78 is 12.3. The Kier molecular flexibility index (Phi) is 6.37. The first-order chi connectivity index (χ1) is 20.0. The second-order valence-electron chi connectivity index (χ2n) is 10.9. The Labute approximate surface area is 237 Å². The van der Waals surface area contributed by atoms with E-state index in [0.717, 1.165) is 16.5 Å². The smallest absolute Gasteiger partial charge is 0.487 e. The summed E-state index contributed by atoms with van der Waals surface area (Å²) in [7, 11) is -1.27. The highest BCUT2D eigenvalue weighted by atomic mass is 16.5. The van der Waals surface area contributed by atoms with Crippen LogP contribution in [0.5, 0.6) is 11.5 Å². The van der Waals surface area contributed by atoms with Crippen LogP contribution in [-0.4, -0.2) is 35.7 Å². The molecule has 1 aliphatic carbocycles. The van der Waals surface area contributed by atoms with Crippen molar-refractivity contribution in [1.82, 2.24) is 0 Å². The van der Waals surface area contributed by atoms with Gasteiger partial charge in [0, 0.05) is 5.39 Å². The zero-order valence-corrected chi connectivity index (χ0v) is 22.2. The Morgan fingerprint density at radius 3 is 2.27 bits per heavy atom. The van der Waals surface area contributed by atoms with Crippen molar-refractivity contribution in [3.8, 4) is 11.5 Å². The maximum Gasteiger partial charge on any atom is 0.487 e. The first-order valence-corrected chi connectivity index (χ1v) is 13.9. The highest BCUT2D eigenvalue weighted by molar-refractivity contribution is 6.53. The van der Waals surface area contributed by atoms with E-state index in [0.29, 0.717) is 35.1 Å². The van der Waals surface area contributed by atoms with Gasteiger partial charge in [-0.3, -0.25) is 14.5 Å². The van der Waals surface area contributed by atoms with Gasteiger partial charge in [-0.05, 0) is 71.1 Å². The minimum Gasteiger partial charge on any atom is -0.507 e. The van der Waals surface area contributed by atoms with E-state index < -0.39 is 31.0 Å². The SMILES string of the molecule is O=C1[C@H]2[C@H](CC(COc3ccccc3)=C3B(O)O[C@H](c4ccc(O)c5ccccc45)C[C@H]32)C(=O)N1c1ccccc1. The molecule has 4 atom stereocenters. The van der Waals surface area contributed by atoms with Gasteiger partial charge in [0.1, 0.15) is 18.1 Å². The van der Waals surface area contributed by atoms with Gasteiger partial charge in [-0.2, -0.15) is 0 Å². The average molecular weight is 545 g/mol. The number of carbonyl (C=O) groups excluding carboxylic acids is 2. The molecule has 2 aliphatic heterocycles. The van der Waals surface area contributed by atoms with Gasteiger partial charge in [-0.15, -0.1) is 0 Å². The molecule has 2 amide bonds. The molecular weight excluding hydrogens is 517 g/mol. The number of nitrogens with zero attached hydrogens (tertiary/aromatic N) is 1. The molecule has 41 heavy (non-hydrogen) atoms. The Balaban J connectivity index is 1.30. The van der Waals surface area contributed by atoms with E-state index in [1.807, 2.05) is 72.8 Å². The first-order valence-electron chi connectivity index (χ1n) is 13.9. The predicted molar refractivity (Wildman–Crippen MR) is 155 cm³/mol. The molecule has 4 aromatic rings. The number of fused-ring (bicyclic) bond motifs is 4. The van der Waals surface area contributed by atoms with Crippen molar-refractivity contribution in [3.05, 3.63) is 114 Å². The van der Waals surface area contributed by atoms with Crippen LogP contribution in [0.3, 0.4) is 0 Å². The zero-order chi connectivity index (χ0) is 28.1. The van der Waals surface area contributed by atoms with Crippen LogP contribution < -0.4 is 9.64 Å². The summed E-state index contributed by atoms with van der Waals surface area (Å²) in [4.78, 5) is 29.1. The standard InChI is InChI=1S/C33H28BNO6/c36-28-16-15-25(23-13-7-8-14-24(23)28)29-18-26-30-27(32(37)35(33(30)38)21-9-3-1-4-10-21)17-20(31(26)34(39)41-29)19-40-22-11-5-2-6-12-22/h1-16,26-27,29-30,36,39H,17-19H2/t26-,27-,29-,30+/m0/s1. The number of aromatic hydroxyl groups is 1. The topological polar surface area (TPSA) is 96.3 Å². The summed E-state index contributed by atoms with van der Waals surface area (Å²) in [6, 6.07) is 29.3. The molecule has 0 bridgehead atoms. The normalized spacial score (nSPS) is 24.0. The van der Waals surface area contributed by atoms with Crippen LogP contribution in [-0.2, 0) is 14.2 Å².